The van der Waals surface area contributed by atoms with Gasteiger partial charge in [-0.2, -0.15) is 0 Å². The van der Waals surface area contributed by atoms with Gasteiger partial charge < -0.3 is 9.72 Å². The second-order valence-electron chi connectivity index (χ2n) is 2.98. The summed E-state index contributed by atoms with van der Waals surface area (Å²) in [6, 6.07) is 1.08. The zero-order chi connectivity index (χ0) is 12.8. The zero-order valence-electron chi connectivity index (χ0n) is 9.00. The Morgan fingerprint density at radius 3 is 2.94 bits per heavy atom. The van der Waals surface area contributed by atoms with E-state index in [4.69, 9.17) is 0 Å². The van der Waals surface area contributed by atoms with Gasteiger partial charge in [-0.3, -0.25) is 14.9 Å². The number of esters is 1. The van der Waals surface area contributed by atoms with Crippen LogP contribution in [-0.4, -0.2) is 22.5 Å². The van der Waals surface area contributed by atoms with Crippen LogP contribution in [0.3, 0.4) is 0 Å². The molecule has 7 heteroatoms. The number of hydrogen-bond donors (Lipinski definition) is 1. The number of aromatic nitrogens is 1. The minimum absolute atomic E-state index is 0.0206. The predicted octanol–water partition coefficient (Wildman–Crippen LogP) is 0.859. The number of nitrogens with zero attached hydrogens (tertiary/aromatic N) is 1. The third kappa shape index (κ3) is 3.56. The van der Waals surface area contributed by atoms with Gasteiger partial charge in [-0.1, -0.05) is 0 Å². The largest absolute Gasteiger partial charge is 0.463 e. The lowest BCUT2D eigenvalue weighted by atomic mass is 10.2. The van der Waals surface area contributed by atoms with E-state index in [1.807, 2.05) is 0 Å². The molecule has 1 rings (SSSR count). The van der Waals surface area contributed by atoms with Crippen molar-refractivity contribution in [2.75, 3.05) is 6.61 Å². The Balaban J connectivity index is 2.98. The number of carbonyl (C=O) groups is 1. The van der Waals surface area contributed by atoms with E-state index in [1.54, 1.807) is 6.92 Å². The number of hydrogen-bond acceptors (Lipinski definition) is 5. The molecule has 17 heavy (non-hydrogen) atoms. The Morgan fingerprint density at radius 1 is 1.65 bits per heavy atom. The number of pyridine rings is 1. The summed E-state index contributed by atoms with van der Waals surface area (Å²) < 4.78 is 4.61. The summed E-state index contributed by atoms with van der Waals surface area (Å²) in [5, 5.41) is 10.5. The van der Waals surface area contributed by atoms with Crippen molar-refractivity contribution in [3.63, 3.8) is 0 Å². The highest BCUT2D eigenvalue weighted by molar-refractivity contribution is 5.87. The molecule has 0 bridgehead atoms. The van der Waals surface area contributed by atoms with Crippen molar-refractivity contribution in [2.45, 2.75) is 6.92 Å². The van der Waals surface area contributed by atoms with E-state index < -0.39 is 16.5 Å². The lowest BCUT2D eigenvalue weighted by molar-refractivity contribution is -0.385. The van der Waals surface area contributed by atoms with Crippen LogP contribution in [0, 0.1) is 10.1 Å². The van der Waals surface area contributed by atoms with Crippen molar-refractivity contribution >= 4 is 17.7 Å². The Kier molecular flexibility index (Phi) is 4.15. The number of nitrogens with one attached hydrogen (secondary N) is 1. The molecule has 0 aliphatic carbocycles. The van der Waals surface area contributed by atoms with Gasteiger partial charge in [0.05, 0.1) is 17.7 Å². The van der Waals surface area contributed by atoms with Crippen LogP contribution in [0.1, 0.15) is 12.5 Å². The fourth-order valence-electron chi connectivity index (χ4n) is 1.07. The van der Waals surface area contributed by atoms with Crippen LogP contribution in [0.2, 0.25) is 0 Å². The number of rotatable bonds is 4. The fourth-order valence-corrected chi connectivity index (χ4v) is 1.07. The lowest BCUT2D eigenvalue weighted by Crippen LogP contribution is -2.09. The van der Waals surface area contributed by atoms with Gasteiger partial charge in [0, 0.05) is 17.7 Å². The highest BCUT2D eigenvalue weighted by atomic mass is 16.6. The molecule has 1 heterocycles. The summed E-state index contributed by atoms with van der Waals surface area (Å²) in [4.78, 5) is 34.3. The van der Waals surface area contributed by atoms with Gasteiger partial charge in [0.1, 0.15) is 0 Å². The molecule has 90 valence electrons. The molecule has 0 spiro atoms. The molecule has 0 aliphatic heterocycles. The standard InChI is InChI=1S/C10H10N2O5/c1-2-17-9(13)4-3-7-5-8(12(15)16)6-11-10(7)14/h3-6H,2H2,1H3,(H,11,14). The summed E-state index contributed by atoms with van der Waals surface area (Å²) in [5.41, 5.74) is -0.753. The van der Waals surface area contributed by atoms with Gasteiger partial charge in [0.2, 0.25) is 0 Å². The monoisotopic (exact) mass is 238 g/mol. The maximum Gasteiger partial charge on any atom is 0.330 e. The second-order valence-corrected chi connectivity index (χ2v) is 2.98. The molecule has 0 amide bonds. The fraction of sp³-hybridized carbons (Fsp3) is 0.200. The number of nitro groups is 1. The van der Waals surface area contributed by atoms with E-state index in [2.05, 4.69) is 9.72 Å². The Hall–Kier alpha value is -2.44. The molecule has 0 radical (unpaired) electrons. The van der Waals surface area contributed by atoms with Crippen LogP contribution in [0.25, 0.3) is 6.08 Å². The summed E-state index contributed by atoms with van der Waals surface area (Å²) in [7, 11) is 0. The summed E-state index contributed by atoms with van der Waals surface area (Å²) >= 11 is 0. The quantitative estimate of drug-likeness (QED) is 0.362. The smallest absolute Gasteiger partial charge is 0.330 e. The molecular weight excluding hydrogens is 228 g/mol. The highest BCUT2D eigenvalue weighted by Crippen LogP contribution is 2.09. The molecule has 0 fully saturated rings. The van der Waals surface area contributed by atoms with Crippen LogP contribution in [-0.2, 0) is 9.53 Å². The molecule has 0 unspecified atom stereocenters. The van der Waals surface area contributed by atoms with Gasteiger partial charge in [0.25, 0.3) is 11.2 Å². The molecular formula is C10H10N2O5. The van der Waals surface area contributed by atoms with E-state index in [0.717, 1.165) is 18.3 Å². The first-order chi connectivity index (χ1) is 8.04. The van der Waals surface area contributed by atoms with Gasteiger partial charge in [0.15, 0.2) is 0 Å². The van der Waals surface area contributed by atoms with Gasteiger partial charge in [-0.05, 0) is 13.0 Å². The van der Waals surface area contributed by atoms with Crippen molar-refractivity contribution in [1.29, 1.82) is 0 Å². The summed E-state index contributed by atoms with van der Waals surface area (Å²) in [6.45, 7) is 1.86. The maximum absolute atomic E-state index is 11.3. The van der Waals surface area contributed by atoms with Crippen molar-refractivity contribution in [3.05, 3.63) is 44.4 Å². The second kappa shape index (κ2) is 5.59. The van der Waals surface area contributed by atoms with Gasteiger partial charge in [-0.15, -0.1) is 0 Å². The number of carbonyl (C=O) groups excluding carboxylic acids is 1. The minimum atomic E-state index is -0.641. The third-order valence-electron chi connectivity index (χ3n) is 1.81. The number of ether oxygens (including phenoxy) is 1. The molecule has 0 aliphatic rings. The first-order valence-corrected chi connectivity index (χ1v) is 4.76. The van der Waals surface area contributed by atoms with Crippen LogP contribution < -0.4 is 5.56 Å². The van der Waals surface area contributed by atoms with E-state index in [9.17, 15) is 19.7 Å². The topological polar surface area (TPSA) is 102 Å². The average molecular weight is 238 g/mol. The van der Waals surface area contributed by atoms with E-state index in [0.29, 0.717) is 0 Å². The van der Waals surface area contributed by atoms with Crippen LogP contribution >= 0.6 is 0 Å². The molecule has 0 atom stereocenters. The van der Waals surface area contributed by atoms with Gasteiger partial charge in [-0.25, -0.2) is 4.79 Å². The third-order valence-corrected chi connectivity index (χ3v) is 1.81. The molecule has 1 aromatic rings. The van der Waals surface area contributed by atoms with Crippen LogP contribution in [0.4, 0.5) is 5.69 Å². The highest BCUT2D eigenvalue weighted by Gasteiger charge is 2.07. The first-order valence-electron chi connectivity index (χ1n) is 4.76. The van der Waals surface area contributed by atoms with E-state index in [-0.39, 0.29) is 17.9 Å². The predicted molar refractivity (Wildman–Crippen MR) is 59.4 cm³/mol. The van der Waals surface area contributed by atoms with Gasteiger partial charge >= 0.3 is 5.97 Å². The molecule has 0 saturated carbocycles. The molecule has 0 saturated heterocycles. The summed E-state index contributed by atoms with van der Waals surface area (Å²) in [5.74, 6) is -0.613. The maximum atomic E-state index is 11.3. The first kappa shape index (κ1) is 12.6. The van der Waals surface area contributed by atoms with Crippen molar-refractivity contribution in [3.8, 4) is 0 Å². The van der Waals surface area contributed by atoms with E-state index in [1.165, 1.54) is 6.08 Å². The lowest BCUT2D eigenvalue weighted by Gasteiger charge is -1.95. The Labute approximate surface area is 95.9 Å². The number of H-pyrrole nitrogens is 1. The molecule has 7 nitrogen and oxygen atoms in total. The van der Waals surface area contributed by atoms with E-state index >= 15 is 0 Å². The molecule has 0 aromatic carbocycles. The molecule has 1 aromatic heterocycles. The SMILES string of the molecule is CCOC(=O)C=Cc1cc([N+](=O)[O-])c[nH]c1=O. The minimum Gasteiger partial charge on any atom is -0.463 e. The normalized spacial score (nSPS) is 10.4. The van der Waals surface area contributed by atoms with Crippen molar-refractivity contribution < 1.29 is 14.5 Å². The Morgan fingerprint density at radius 2 is 2.35 bits per heavy atom. The number of aromatic amines is 1. The average Bonchev–Trinajstić information content (AvgIpc) is 2.28. The van der Waals surface area contributed by atoms with Crippen LogP contribution in [0.15, 0.2) is 23.1 Å². The Bertz CT molecular complexity index is 518. The zero-order valence-corrected chi connectivity index (χ0v) is 9.00. The van der Waals surface area contributed by atoms with Crippen molar-refractivity contribution in [1.82, 2.24) is 4.98 Å². The summed E-state index contributed by atoms with van der Waals surface area (Å²) in [6.07, 6.45) is 3.20. The van der Waals surface area contributed by atoms with Crippen LogP contribution in [0.5, 0.6) is 0 Å². The van der Waals surface area contributed by atoms with Crippen molar-refractivity contribution in [2.24, 2.45) is 0 Å². The molecule has 1 N–H and O–H groups in total.